The summed E-state index contributed by atoms with van der Waals surface area (Å²) in [6.07, 6.45) is 1.66. The van der Waals surface area contributed by atoms with Gasteiger partial charge >= 0.3 is 0 Å². The molecule has 1 saturated heterocycles. The maximum absolute atomic E-state index is 12.6. The lowest BCUT2D eigenvalue weighted by atomic mass is 9.96. The number of hydrogen-bond acceptors (Lipinski definition) is 4. The van der Waals surface area contributed by atoms with Crippen LogP contribution in [0.25, 0.3) is 11.4 Å². The zero-order chi connectivity index (χ0) is 17.9. The van der Waals surface area contributed by atoms with Crippen LogP contribution >= 0.6 is 15.9 Å². The average Bonchev–Trinajstić information content (AvgIpc) is 3.19. The molecule has 6 heteroatoms. The molecule has 0 radical (unpaired) electrons. The second kappa shape index (κ2) is 7.41. The van der Waals surface area contributed by atoms with Crippen molar-refractivity contribution in [2.45, 2.75) is 18.8 Å². The summed E-state index contributed by atoms with van der Waals surface area (Å²) in [6, 6.07) is 17.3. The van der Waals surface area contributed by atoms with Gasteiger partial charge in [0.25, 0.3) is 5.91 Å². The highest BCUT2D eigenvalue weighted by Gasteiger charge is 2.28. The number of aromatic nitrogens is 2. The lowest BCUT2D eigenvalue weighted by Crippen LogP contribution is -2.37. The first-order valence-corrected chi connectivity index (χ1v) is 9.44. The molecule has 0 atom stereocenters. The number of piperidine rings is 1. The van der Waals surface area contributed by atoms with Crippen LogP contribution in [-0.4, -0.2) is 34.0 Å². The minimum absolute atomic E-state index is 0.0754. The molecule has 0 saturated carbocycles. The Hall–Kier alpha value is -2.47. The van der Waals surface area contributed by atoms with Crippen LogP contribution in [0.15, 0.2) is 63.6 Å². The second-order valence-corrected chi connectivity index (χ2v) is 7.31. The van der Waals surface area contributed by atoms with Gasteiger partial charge in [0.1, 0.15) is 0 Å². The Morgan fingerprint density at radius 2 is 1.73 bits per heavy atom. The number of rotatable bonds is 3. The molecule has 1 fully saturated rings. The van der Waals surface area contributed by atoms with Crippen molar-refractivity contribution < 1.29 is 9.32 Å². The lowest BCUT2D eigenvalue weighted by molar-refractivity contribution is 0.0704. The lowest BCUT2D eigenvalue weighted by Gasteiger charge is -2.30. The molecule has 1 aromatic heterocycles. The van der Waals surface area contributed by atoms with E-state index in [4.69, 9.17) is 4.52 Å². The van der Waals surface area contributed by atoms with Gasteiger partial charge in [0.2, 0.25) is 11.7 Å². The van der Waals surface area contributed by atoms with E-state index in [0.717, 1.165) is 28.4 Å². The minimum Gasteiger partial charge on any atom is -0.339 e. The van der Waals surface area contributed by atoms with E-state index in [0.29, 0.717) is 24.8 Å². The van der Waals surface area contributed by atoms with Crippen LogP contribution in [0.2, 0.25) is 0 Å². The number of hydrogen-bond donors (Lipinski definition) is 0. The summed E-state index contributed by atoms with van der Waals surface area (Å²) in [5.74, 6) is 1.56. The predicted molar refractivity (Wildman–Crippen MR) is 102 cm³/mol. The van der Waals surface area contributed by atoms with Gasteiger partial charge in [0.15, 0.2) is 0 Å². The Morgan fingerprint density at radius 1 is 1.04 bits per heavy atom. The Bertz CT molecular complexity index is 885. The van der Waals surface area contributed by atoms with Gasteiger partial charge in [-0.15, -0.1) is 0 Å². The normalized spacial score (nSPS) is 15.2. The van der Waals surface area contributed by atoms with Crippen LogP contribution in [0.4, 0.5) is 0 Å². The molecule has 0 unspecified atom stereocenters. The highest BCUT2D eigenvalue weighted by molar-refractivity contribution is 9.10. The van der Waals surface area contributed by atoms with Crippen molar-refractivity contribution in [1.29, 1.82) is 0 Å². The summed E-state index contributed by atoms with van der Waals surface area (Å²) in [4.78, 5) is 19.1. The van der Waals surface area contributed by atoms with Gasteiger partial charge in [-0.1, -0.05) is 51.4 Å². The van der Waals surface area contributed by atoms with Crippen LogP contribution in [0.1, 0.15) is 35.0 Å². The van der Waals surface area contributed by atoms with Crippen molar-refractivity contribution in [3.8, 4) is 11.4 Å². The fourth-order valence-corrected chi connectivity index (χ4v) is 3.47. The van der Waals surface area contributed by atoms with Gasteiger partial charge in [0.05, 0.1) is 0 Å². The Balaban J connectivity index is 1.40. The van der Waals surface area contributed by atoms with Crippen molar-refractivity contribution in [3.05, 3.63) is 70.5 Å². The molecule has 1 aliphatic heterocycles. The number of halogens is 1. The first-order chi connectivity index (χ1) is 12.7. The van der Waals surface area contributed by atoms with Gasteiger partial charge in [0, 0.05) is 34.6 Å². The van der Waals surface area contributed by atoms with Crippen molar-refractivity contribution in [2.24, 2.45) is 0 Å². The topological polar surface area (TPSA) is 59.2 Å². The van der Waals surface area contributed by atoms with Crippen molar-refractivity contribution in [2.75, 3.05) is 13.1 Å². The Kier molecular flexibility index (Phi) is 4.84. The molecule has 2 heterocycles. The summed E-state index contributed by atoms with van der Waals surface area (Å²) < 4.78 is 6.45. The molecule has 5 nitrogen and oxygen atoms in total. The van der Waals surface area contributed by atoms with E-state index < -0.39 is 0 Å². The first-order valence-electron chi connectivity index (χ1n) is 8.64. The standard InChI is InChI=1S/C20H18BrN3O2/c21-17-8-6-16(7-9-17)20(25)24-12-10-15(11-13-24)19-22-18(23-26-19)14-4-2-1-3-5-14/h1-9,15H,10-13H2. The molecule has 132 valence electrons. The maximum atomic E-state index is 12.6. The zero-order valence-corrected chi connectivity index (χ0v) is 15.7. The molecule has 4 rings (SSSR count). The summed E-state index contributed by atoms with van der Waals surface area (Å²) in [5.41, 5.74) is 1.67. The Morgan fingerprint density at radius 3 is 2.42 bits per heavy atom. The quantitative estimate of drug-likeness (QED) is 0.635. The van der Waals surface area contributed by atoms with E-state index in [1.807, 2.05) is 59.5 Å². The largest absolute Gasteiger partial charge is 0.339 e. The van der Waals surface area contributed by atoms with E-state index in [1.165, 1.54) is 0 Å². The van der Waals surface area contributed by atoms with Crippen LogP contribution in [0.3, 0.4) is 0 Å². The molecule has 2 aromatic carbocycles. The molecule has 1 amide bonds. The molecular weight excluding hydrogens is 394 g/mol. The number of likely N-dealkylation sites (tertiary alicyclic amines) is 1. The van der Waals surface area contributed by atoms with Crippen LogP contribution < -0.4 is 0 Å². The first kappa shape index (κ1) is 17.0. The smallest absolute Gasteiger partial charge is 0.253 e. The predicted octanol–water partition coefficient (Wildman–Crippen LogP) is 4.52. The van der Waals surface area contributed by atoms with Crippen LogP contribution in [-0.2, 0) is 0 Å². The SMILES string of the molecule is O=C(c1ccc(Br)cc1)N1CCC(c2nc(-c3ccccc3)no2)CC1. The average molecular weight is 412 g/mol. The van der Waals surface area contributed by atoms with Crippen molar-refractivity contribution in [3.63, 3.8) is 0 Å². The van der Waals surface area contributed by atoms with E-state index in [1.54, 1.807) is 0 Å². The number of nitrogens with zero attached hydrogens (tertiary/aromatic N) is 3. The van der Waals surface area contributed by atoms with Gasteiger partial charge in [-0.25, -0.2) is 0 Å². The Labute approximate surface area is 160 Å². The number of carbonyl (C=O) groups excluding carboxylic acids is 1. The van der Waals surface area contributed by atoms with Crippen LogP contribution in [0.5, 0.6) is 0 Å². The third-order valence-electron chi connectivity index (χ3n) is 4.70. The molecule has 0 spiro atoms. The maximum Gasteiger partial charge on any atom is 0.253 e. The number of benzene rings is 2. The number of amides is 1. The van der Waals surface area contributed by atoms with Gasteiger partial charge in [-0.05, 0) is 37.1 Å². The number of carbonyl (C=O) groups is 1. The summed E-state index contributed by atoms with van der Waals surface area (Å²) in [5, 5.41) is 4.10. The van der Waals surface area contributed by atoms with Gasteiger partial charge < -0.3 is 9.42 Å². The van der Waals surface area contributed by atoms with Gasteiger partial charge in [-0.3, -0.25) is 4.79 Å². The van der Waals surface area contributed by atoms with Crippen LogP contribution in [0, 0.1) is 0 Å². The summed E-state index contributed by atoms with van der Waals surface area (Å²) in [7, 11) is 0. The highest BCUT2D eigenvalue weighted by Crippen LogP contribution is 2.29. The van der Waals surface area contributed by atoms with Gasteiger partial charge in [-0.2, -0.15) is 4.98 Å². The van der Waals surface area contributed by atoms with E-state index in [2.05, 4.69) is 26.1 Å². The monoisotopic (exact) mass is 411 g/mol. The molecule has 26 heavy (non-hydrogen) atoms. The van der Waals surface area contributed by atoms with Crippen molar-refractivity contribution >= 4 is 21.8 Å². The molecule has 0 bridgehead atoms. The third-order valence-corrected chi connectivity index (χ3v) is 5.22. The third kappa shape index (κ3) is 3.55. The minimum atomic E-state index is 0.0754. The van der Waals surface area contributed by atoms with E-state index >= 15 is 0 Å². The summed E-state index contributed by atoms with van der Waals surface area (Å²) in [6.45, 7) is 1.39. The van der Waals surface area contributed by atoms with Crippen molar-refractivity contribution in [1.82, 2.24) is 15.0 Å². The zero-order valence-electron chi connectivity index (χ0n) is 14.1. The molecule has 1 aliphatic rings. The fourth-order valence-electron chi connectivity index (χ4n) is 3.21. The molecule has 0 aliphatic carbocycles. The highest BCUT2D eigenvalue weighted by atomic mass is 79.9. The second-order valence-electron chi connectivity index (χ2n) is 6.40. The fraction of sp³-hybridized carbons (Fsp3) is 0.250. The van der Waals surface area contributed by atoms with E-state index in [-0.39, 0.29) is 11.8 Å². The summed E-state index contributed by atoms with van der Waals surface area (Å²) >= 11 is 3.39. The molecular formula is C20H18BrN3O2. The molecule has 0 N–H and O–H groups in total. The van der Waals surface area contributed by atoms with E-state index in [9.17, 15) is 4.79 Å². The molecule has 3 aromatic rings.